The summed E-state index contributed by atoms with van der Waals surface area (Å²) in [5, 5.41) is 20.8. The molecule has 0 saturated carbocycles. The molecule has 0 unspecified atom stereocenters. The number of hydrogen-bond acceptors (Lipinski definition) is 9. The van der Waals surface area contributed by atoms with Crippen LogP contribution in [-0.4, -0.2) is 102 Å². The molecule has 7 N–H and O–H groups in total. The Morgan fingerprint density at radius 3 is 1.85 bits per heavy atom. The van der Waals surface area contributed by atoms with E-state index in [0.717, 1.165) is 25.7 Å². The monoisotopic (exact) mass is 739 g/mol. The van der Waals surface area contributed by atoms with Crippen molar-refractivity contribution in [3.8, 4) is 0 Å². The molecule has 0 spiro atoms. The molecule has 14 heteroatoms. The highest BCUT2D eigenvalue weighted by atomic mass is 16.5. The number of carbonyl (C=O) groups is 6. The zero-order valence-corrected chi connectivity index (χ0v) is 33.5. The Hall–Kier alpha value is -3.26. The maximum absolute atomic E-state index is 14.4. The second-order valence-electron chi connectivity index (χ2n) is 15.6. The molecule has 1 aliphatic heterocycles. The first-order valence-corrected chi connectivity index (χ1v) is 19.4. The summed E-state index contributed by atoms with van der Waals surface area (Å²) in [5.41, 5.74) is 4.58. The number of likely N-dealkylation sites (N-methyl/N-ethyl adjacent to an activating group) is 1. The zero-order valence-electron chi connectivity index (χ0n) is 33.5. The summed E-state index contributed by atoms with van der Waals surface area (Å²) < 4.78 is 6.02. The van der Waals surface area contributed by atoms with Crippen molar-refractivity contribution in [3.63, 3.8) is 0 Å². The molecular formula is C38H70N6O8. The lowest BCUT2D eigenvalue weighted by atomic mass is 9.81. The molecule has 1 rings (SSSR count). The van der Waals surface area contributed by atoms with E-state index in [4.69, 9.17) is 10.5 Å². The minimum absolute atomic E-state index is 0.00538. The van der Waals surface area contributed by atoms with E-state index in [1.807, 2.05) is 20.8 Å². The lowest BCUT2D eigenvalue weighted by Gasteiger charge is -2.39. The van der Waals surface area contributed by atoms with Crippen LogP contribution in [0.2, 0.25) is 0 Å². The molecule has 0 aromatic carbocycles. The number of unbranched alkanes of at least 4 members (excludes halogenated alkanes) is 7. The quantitative estimate of drug-likeness (QED) is 0.108. The molecular weight excluding hydrogens is 668 g/mol. The molecule has 0 aliphatic carbocycles. The first-order valence-electron chi connectivity index (χ1n) is 19.4. The Morgan fingerprint density at radius 1 is 0.788 bits per heavy atom. The fourth-order valence-electron chi connectivity index (χ4n) is 6.36. The molecule has 0 aromatic rings. The van der Waals surface area contributed by atoms with Crippen LogP contribution in [0.5, 0.6) is 0 Å². The summed E-state index contributed by atoms with van der Waals surface area (Å²) in [7, 11) is 1.54. The van der Waals surface area contributed by atoms with Crippen LogP contribution in [0.25, 0.3) is 0 Å². The van der Waals surface area contributed by atoms with E-state index in [-0.39, 0.29) is 18.4 Å². The Labute approximate surface area is 311 Å². The number of ether oxygens (including phenoxy) is 1. The molecule has 1 heterocycles. The molecule has 0 radical (unpaired) electrons. The molecule has 5 amide bonds. The first-order chi connectivity index (χ1) is 24.3. The van der Waals surface area contributed by atoms with Gasteiger partial charge in [-0.05, 0) is 58.8 Å². The third-order valence-electron chi connectivity index (χ3n) is 10.2. The fourth-order valence-corrected chi connectivity index (χ4v) is 6.36. The van der Waals surface area contributed by atoms with Gasteiger partial charge in [0.1, 0.15) is 36.3 Å². The Kier molecular flexibility index (Phi) is 20.4. The molecule has 14 nitrogen and oxygen atoms in total. The Balaban J connectivity index is 3.67. The van der Waals surface area contributed by atoms with E-state index in [0.29, 0.717) is 25.7 Å². The van der Waals surface area contributed by atoms with Crippen molar-refractivity contribution in [2.45, 2.75) is 175 Å². The molecule has 52 heavy (non-hydrogen) atoms. The van der Waals surface area contributed by atoms with Crippen LogP contribution < -0.4 is 27.0 Å². The van der Waals surface area contributed by atoms with E-state index in [1.165, 1.54) is 38.0 Å². The van der Waals surface area contributed by atoms with E-state index in [1.54, 1.807) is 27.8 Å². The molecule has 8 atom stereocenters. The summed E-state index contributed by atoms with van der Waals surface area (Å²) in [6.07, 6.45) is 7.25. The zero-order chi connectivity index (χ0) is 39.8. The number of cyclic esters (lactones) is 1. The van der Waals surface area contributed by atoms with E-state index in [2.05, 4.69) is 28.2 Å². The minimum atomic E-state index is -1.50. The highest BCUT2D eigenvalue weighted by Gasteiger charge is 2.45. The van der Waals surface area contributed by atoms with E-state index < -0.39 is 83.3 Å². The number of nitrogens with zero attached hydrogens (tertiary/aromatic N) is 1. The Morgan fingerprint density at radius 2 is 1.33 bits per heavy atom. The summed E-state index contributed by atoms with van der Waals surface area (Å²) in [5.74, 6) is -4.49. The summed E-state index contributed by atoms with van der Waals surface area (Å²) in [4.78, 5) is 83.7. The number of nitrogens with two attached hydrogens (primary N) is 1. The number of rotatable bonds is 15. The highest BCUT2D eigenvalue weighted by Crippen LogP contribution is 2.32. The normalized spacial score (nSPS) is 27.0. The van der Waals surface area contributed by atoms with Crippen molar-refractivity contribution in [2.75, 3.05) is 13.6 Å². The standard InChI is InChI=1S/C38H70N6O8/c1-11-13-14-15-16-17-18-19-20-29-38(8,9)37(51)44(10)28(21-23(3)4)33(47)42-30(24(5)12-2)34(48)41-27(22-39)32(46)43-31(26(7)45)35(49)40-25(6)36(50)52-29/h23-31,45H,11-22,39H2,1-10H3,(H,40,49)(H,41,48)(H,42,47)(H,43,46)/t24-,25+,26+,27+,28+,29-,30+,31+/m1/s1. The van der Waals surface area contributed by atoms with Crippen LogP contribution in [0.4, 0.5) is 0 Å². The maximum Gasteiger partial charge on any atom is 0.328 e. The van der Waals surface area contributed by atoms with Gasteiger partial charge in [-0.15, -0.1) is 0 Å². The van der Waals surface area contributed by atoms with Crippen LogP contribution >= 0.6 is 0 Å². The lowest BCUT2D eigenvalue weighted by molar-refractivity contribution is -0.167. The molecule has 300 valence electrons. The number of carbonyl (C=O) groups excluding carboxylic acids is 6. The first kappa shape index (κ1) is 46.8. The van der Waals surface area contributed by atoms with Crippen LogP contribution in [-0.2, 0) is 33.5 Å². The number of aliphatic hydroxyl groups excluding tert-OH is 1. The van der Waals surface area contributed by atoms with Crippen LogP contribution in [0, 0.1) is 17.3 Å². The predicted molar refractivity (Wildman–Crippen MR) is 200 cm³/mol. The summed E-state index contributed by atoms with van der Waals surface area (Å²) in [6.45, 7) is 15.4. The van der Waals surface area contributed by atoms with Gasteiger partial charge < -0.3 is 41.7 Å². The predicted octanol–water partition coefficient (Wildman–Crippen LogP) is 2.69. The Bertz CT molecular complexity index is 1180. The van der Waals surface area contributed by atoms with Gasteiger partial charge in [0.15, 0.2) is 0 Å². The molecule has 1 saturated heterocycles. The van der Waals surface area contributed by atoms with Gasteiger partial charge >= 0.3 is 5.97 Å². The van der Waals surface area contributed by atoms with Crippen molar-refractivity contribution >= 4 is 35.5 Å². The third kappa shape index (κ3) is 14.3. The smallest absolute Gasteiger partial charge is 0.328 e. The minimum Gasteiger partial charge on any atom is -0.460 e. The van der Waals surface area contributed by atoms with Crippen molar-refractivity contribution < 1.29 is 38.6 Å². The van der Waals surface area contributed by atoms with Gasteiger partial charge in [-0.1, -0.05) is 86.0 Å². The maximum atomic E-state index is 14.4. The number of esters is 1. The number of aliphatic hydroxyl groups is 1. The average Bonchev–Trinajstić information content (AvgIpc) is 3.08. The SMILES string of the molecule is CCCCCCCCCC[C@H]1OC(=O)[C@H](C)NC(=O)[C@H]([C@H](C)O)NC(=O)[C@H](CN)NC(=O)[C@H]([C@H](C)CC)NC(=O)[C@H](CC(C)C)N(C)C(=O)C1(C)C. The number of hydrogen-bond donors (Lipinski definition) is 6. The van der Waals surface area contributed by atoms with Gasteiger partial charge in [0.05, 0.1) is 11.5 Å². The third-order valence-corrected chi connectivity index (χ3v) is 10.2. The van der Waals surface area contributed by atoms with Gasteiger partial charge in [-0.2, -0.15) is 0 Å². The van der Waals surface area contributed by atoms with Crippen molar-refractivity contribution in [2.24, 2.45) is 23.0 Å². The summed E-state index contributed by atoms with van der Waals surface area (Å²) in [6, 6.07) is -6.08. The van der Waals surface area contributed by atoms with Crippen molar-refractivity contribution in [1.29, 1.82) is 0 Å². The number of amides is 5. The molecule has 1 aliphatic rings. The highest BCUT2D eigenvalue weighted by molar-refractivity contribution is 5.97. The van der Waals surface area contributed by atoms with Crippen molar-refractivity contribution in [3.05, 3.63) is 0 Å². The number of nitrogens with one attached hydrogen (secondary N) is 4. The van der Waals surface area contributed by atoms with Gasteiger partial charge in [0.2, 0.25) is 29.5 Å². The molecule has 0 aromatic heterocycles. The topological polar surface area (TPSA) is 209 Å². The molecule has 0 bridgehead atoms. The van der Waals surface area contributed by atoms with Crippen LogP contribution in [0.3, 0.4) is 0 Å². The van der Waals surface area contributed by atoms with E-state index >= 15 is 0 Å². The van der Waals surface area contributed by atoms with Crippen LogP contribution in [0.15, 0.2) is 0 Å². The second-order valence-corrected chi connectivity index (χ2v) is 15.6. The van der Waals surface area contributed by atoms with Gasteiger partial charge in [-0.3, -0.25) is 24.0 Å². The van der Waals surface area contributed by atoms with Gasteiger partial charge in [0.25, 0.3) is 0 Å². The van der Waals surface area contributed by atoms with Crippen molar-refractivity contribution in [1.82, 2.24) is 26.2 Å². The van der Waals surface area contributed by atoms with Crippen LogP contribution in [0.1, 0.15) is 133 Å². The van der Waals surface area contributed by atoms with Gasteiger partial charge in [-0.25, -0.2) is 4.79 Å². The molecule has 1 fully saturated rings. The van der Waals surface area contributed by atoms with Gasteiger partial charge in [0, 0.05) is 13.6 Å². The largest absolute Gasteiger partial charge is 0.460 e. The summed E-state index contributed by atoms with van der Waals surface area (Å²) >= 11 is 0. The second kappa shape index (κ2) is 22.7. The van der Waals surface area contributed by atoms with E-state index in [9.17, 15) is 33.9 Å². The lowest BCUT2D eigenvalue weighted by Crippen LogP contribution is -2.62. The average molecular weight is 739 g/mol. The fraction of sp³-hybridized carbons (Fsp3) is 0.842.